The fourth-order valence-corrected chi connectivity index (χ4v) is 4.96. The average molecular weight is 582 g/mol. The van der Waals surface area contributed by atoms with Gasteiger partial charge in [0.05, 0.1) is 17.9 Å². The van der Waals surface area contributed by atoms with Crippen molar-refractivity contribution in [3.8, 4) is 11.1 Å². The second kappa shape index (κ2) is 12.1. The van der Waals surface area contributed by atoms with Gasteiger partial charge >= 0.3 is 6.09 Å². The van der Waals surface area contributed by atoms with Crippen molar-refractivity contribution >= 4 is 46.6 Å². The maximum absolute atomic E-state index is 13.5. The van der Waals surface area contributed by atoms with Gasteiger partial charge in [-0.3, -0.25) is 14.5 Å². The lowest BCUT2D eigenvalue weighted by molar-refractivity contribution is -0.125. The zero-order chi connectivity index (χ0) is 29.9. The van der Waals surface area contributed by atoms with Crippen molar-refractivity contribution in [1.82, 2.24) is 5.32 Å². The quantitative estimate of drug-likeness (QED) is 0.237. The number of nitrogens with zero attached hydrogens (tertiary/aromatic N) is 2. The van der Waals surface area contributed by atoms with Gasteiger partial charge in [0.2, 0.25) is 11.8 Å². The summed E-state index contributed by atoms with van der Waals surface area (Å²) in [5, 5.41) is 3.20. The molecule has 3 amide bonds. The second-order valence-electron chi connectivity index (χ2n) is 11.1. The molecule has 214 valence electrons. The number of nitrogens with one attached hydrogen (secondary N) is 1. The van der Waals surface area contributed by atoms with Gasteiger partial charge in [0, 0.05) is 17.3 Å². The van der Waals surface area contributed by atoms with Crippen LogP contribution in [0.25, 0.3) is 11.1 Å². The molecule has 0 fully saturated rings. The molecular formula is C34H32ClN3O4. The number of alkyl carbamates (subject to hydrolysis) is 1. The molecule has 0 saturated heterocycles. The average Bonchev–Trinajstić information content (AvgIpc) is 3.05. The smallest absolute Gasteiger partial charge is 0.407 e. The van der Waals surface area contributed by atoms with Gasteiger partial charge in [0.15, 0.2) is 0 Å². The van der Waals surface area contributed by atoms with E-state index in [4.69, 9.17) is 16.3 Å². The molecule has 42 heavy (non-hydrogen) atoms. The van der Waals surface area contributed by atoms with Crippen molar-refractivity contribution in [2.24, 2.45) is 0 Å². The normalized spacial score (nSPS) is 13.4. The number of carbonyl (C=O) groups excluding carboxylic acids is 3. The Morgan fingerprint density at radius 1 is 0.810 bits per heavy atom. The van der Waals surface area contributed by atoms with Crippen molar-refractivity contribution in [1.29, 1.82) is 0 Å². The third-order valence-corrected chi connectivity index (χ3v) is 6.99. The second-order valence-corrected chi connectivity index (χ2v) is 11.5. The molecule has 1 heterocycles. The standard InChI is InChI=1S/C34H32ClN3O4/c1-34(2,3)42-33(41)36-21-23-11-16-28(17-12-23)38-29-18-15-27(35)19-30(29)37(31(39)20-32(38)40)22-24-9-13-26(14-10-24)25-7-5-4-6-8-25/h4-19H,20-22H2,1-3H3,(H,36,41). The molecule has 7 nitrogen and oxygen atoms in total. The number of hydrogen-bond donors (Lipinski definition) is 1. The summed E-state index contributed by atoms with van der Waals surface area (Å²) in [4.78, 5) is 42.1. The van der Waals surface area contributed by atoms with Crippen molar-refractivity contribution in [3.05, 3.63) is 113 Å². The Morgan fingerprint density at radius 3 is 2.12 bits per heavy atom. The van der Waals surface area contributed by atoms with Crippen molar-refractivity contribution in [2.75, 3.05) is 9.80 Å². The van der Waals surface area contributed by atoms with E-state index >= 15 is 0 Å². The predicted molar refractivity (Wildman–Crippen MR) is 166 cm³/mol. The first-order valence-corrected chi connectivity index (χ1v) is 14.1. The molecule has 1 N–H and O–H groups in total. The Hall–Kier alpha value is -4.62. The van der Waals surface area contributed by atoms with Crippen molar-refractivity contribution in [2.45, 2.75) is 45.9 Å². The van der Waals surface area contributed by atoms with E-state index in [2.05, 4.69) is 17.4 Å². The van der Waals surface area contributed by atoms with E-state index in [9.17, 15) is 14.4 Å². The summed E-state index contributed by atoms with van der Waals surface area (Å²) in [7, 11) is 0. The third-order valence-electron chi connectivity index (χ3n) is 6.75. The van der Waals surface area contributed by atoms with E-state index in [0.29, 0.717) is 22.1 Å². The summed E-state index contributed by atoms with van der Waals surface area (Å²) in [6.45, 7) is 5.97. The number of ether oxygens (including phenoxy) is 1. The predicted octanol–water partition coefficient (Wildman–Crippen LogP) is 7.63. The summed E-state index contributed by atoms with van der Waals surface area (Å²) in [6, 6.07) is 30.6. The van der Waals surface area contributed by atoms with Gasteiger partial charge < -0.3 is 15.0 Å². The van der Waals surface area contributed by atoms with Crippen LogP contribution in [0.15, 0.2) is 97.1 Å². The molecule has 0 aliphatic carbocycles. The molecule has 5 rings (SSSR count). The van der Waals surface area contributed by atoms with Gasteiger partial charge in [0.1, 0.15) is 12.0 Å². The SMILES string of the molecule is CC(C)(C)OC(=O)NCc1ccc(N2C(=O)CC(=O)N(Cc3ccc(-c4ccccc4)cc3)c3cc(Cl)ccc32)cc1. The lowest BCUT2D eigenvalue weighted by Crippen LogP contribution is -2.32. The number of amides is 3. The maximum Gasteiger partial charge on any atom is 0.407 e. The zero-order valence-electron chi connectivity index (χ0n) is 23.8. The van der Waals surface area contributed by atoms with Gasteiger partial charge in [-0.05, 0) is 73.4 Å². The Bertz CT molecular complexity index is 1600. The van der Waals surface area contributed by atoms with Crippen molar-refractivity contribution in [3.63, 3.8) is 0 Å². The third kappa shape index (κ3) is 6.81. The summed E-state index contributed by atoms with van der Waals surface area (Å²) < 4.78 is 5.29. The topological polar surface area (TPSA) is 79.0 Å². The minimum absolute atomic E-state index is 0.269. The fraction of sp³-hybridized carbons (Fsp3) is 0.206. The van der Waals surface area contributed by atoms with Crippen LogP contribution in [0.3, 0.4) is 0 Å². The summed E-state index contributed by atoms with van der Waals surface area (Å²) >= 11 is 6.40. The molecule has 1 aliphatic rings. The zero-order valence-corrected chi connectivity index (χ0v) is 24.5. The summed E-state index contributed by atoms with van der Waals surface area (Å²) in [5.74, 6) is -0.651. The molecule has 4 aromatic rings. The number of carbonyl (C=O) groups is 3. The van der Waals surface area contributed by atoms with Crippen LogP contribution in [-0.2, 0) is 27.4 Å². The number of anilines is 3. The van der Waals surface area contributed by atoms with Crippen LogP contribution < -0.4 is 15.1 Å². The molecule has 0 atom stereocenters. The van der Waals surface area contributed by atoms with Gasteiger partial charge in [-0.2, -0.15) is 0 Å². The van der Waals surface area contributed by atoms with Crippen LogP contribution in [0.5, 0.6) is 0 Å². The van der Waals surface area contributed by atoms with E-state index in [-0.39, 0.29) is 31.3 Å². The lowest BCUT2D eigenvalue weighted by atomic mass is 10.0. The van der Waals surface area contributed by atoms with E-state index in [1.165, 1.54) is 0 Å². The Kier molecular flexibility index (Phi) is 8.31. The highest BCUT2D eigenvalue weighted by Gasteiger charge is 2.33. The van der Waals surface area contributed by atoms with E-state index in [0.717, 1.165) is 22.3 Å². The molecule has 0 unspecified atom stereocenters. The number of fused-ring (bicyclic) bond motifs is 1. The molecule has 0 spiro atoms. The molecule has 1 aliphatic heterocycles. The number of hydrogen-bond acceptors (Lipinski definition) is 4. The highest BCUT2D eigenvalue weighted by Crippen LogP contribution is 2.40. The Balaban J connectivity index is 1.39. The fourth-order valence-electron chi connectivity index (χ4n) is 4.80. The molecule has 0 aromatic heterocycles. The van der Waals surface area contributed by atoms with Crippen LogP contribution >= 0.6 is 11.6 Å². The monoisotopic (exact) mass is 581 g/mol. The van der Waals surface area contributed by atoms with Crippen LogP contribution in [0, 0.1) is 0 Å². The highest BCUT2D eigenvalue weighted by molar-refractivity contribution is 6.31. The first kappa shape index (κ1) is 28.9. The first-order valence-electron chi connectivity index (χ1n) is 13.7. The van der Waals surface area contributed by atoms with Crippen LogP contribution in [-0.4, -0.2) is 23.5 Å². The van der Waals surface area contributed by atoms with Crippen LogP contribution in [0.2, 0.25) is 5.02 Å². The molecular weight excluding hydrogens is 550 g/mol. The van der Waals surface area contributed by atoms with Crippen LogP contribution in [0.1, 0.15) is 38.3 Å². The first-order chi connectivity index (χ1) is 20.1. The van der Waals surface area contributed by atoms with Gasteiger partial charge in [0.25, 0.3) is 0 Å². The van der Waals surface area contributed by atoms with Crippen molar-refractivity contribution < 1.29 is 19.1 Å². The molecule has 0 bridgehead atoms. The maximum atomic E-state index is 13.5. The molecule has 0 saturated carbocycles. The largest absolute Gasteiger partial charge is 0.444 e. The van der Waals surface area contributed by atoms with Gasteiger partial charge in [-0.1, -0.05) is 78.3 Å². The molecule has 4 aromatic carbocycles. The number of halogens is 1. The number of rotatable bonds is 6. The minimum Gasteiger partial charge on any atom is -0.444 e. The Morgan fingerprint density at radius 2 is 1.45 bits per heavy atom. The van der Waals surface area contributed by atoms with E-state index in [1.807, 2.05) is 54.6 Å². The summed E-state index contributed by atoms with van der Waals surface area (Å²) in [5.41, 5.74) is 5.09. The number of benzene rings is 4. The van der Waals surface area contributed by atoms with Gasteiger partial charge in [-0.25, -0.2) is 4.79 Å². The molecule has 0 radical (unpaired) electrons. The summed E-state index contributed by atoms with van der Waals surface area (Å²) in [6.07, 6.45) is -0.801. The minimum atomic E-state index is -0.589. The highest BCUT2D eigenvalue weighted by atomic mass is 35.5. The Labute approximate surface area is 250 Å². The van der Waals surface area contributed by atoms with E-state index < -0.39 is 11.7 Å². The lowest BCUT2D eigenvalue weighted by Gasteiger charge is -2.26. The van der Waals surface area contributed by atoms with E-state index in [1.54, 1.807) is 60.9 Å². The van der Waals surface area contributed by atoms with Gasteiger partial charge in [-0.15, -0.1) is 0 Å². The van der Waals surface area contributed by atoms with Crippen LogP contribution in [0.4, 0.5) is 21.9 Å². The molecule has 8 heteroatoms.